The number of rotatable bonds is 7. The van der Waals surface area contributed by atoms with Crippen molar-refractivity contribution in [2.45, 2.75) is 33.0 Å². The lowest BCUT2D eigenvalue weighted by Crippen LogP contribution is -2.39. The minimum Gasteiger partial charge on any atom is -0.357 e. The number of guanidine groups is 1. The highest BCUT2D eigenvalue weighted by Gasteiger charge is 2.13. The first-order valence-electron chi connectivity index (χ1n) is 9.22. The van der Waals surface area contributed by atoms with Gasteiger partial charge in [-0.05, 0) is 51.7 Å². The van der Waals surface area contributed by atoms with E-state index >= 15 is 0 Å². The zero-order valence-corrected chi connectivity index (χ0v) is 16.7. The van der Waals surface area contributed by atoms with Gasteiger partial charge < -0.3 is 15.5 Å². The van der Waals surface area contributed by atoms with Crippen LogP contribution in [0, 0.1) is 17.5 Å². The monoisotopic (exact) mass is 392 g/mol. The van der Waals surface area contributed by atoms with Gasteiger partial charge in [-0.2, -0.15) is 0 Å². The molecule has 2 aromatic rings. The molecule has 0 heterocycles. The van der Waals surface area contributed by atoms with Gasteiger partial charge in [-0.15, -0.1) is 0 Å². The van der Waals surface area contributed by atoms with Crippen LogP contribution in [-0.4, -0.2) is 31.5 Å². The highest BCUT2D eigenvalue weighted by molar-refractivity contribution is 5.80. The molecule has 0 fully saturated rings. The summed E-state index contributed by atoms with van der Waals surface area (Å²) in [5.74, 6) is -0.967. The Morgan fingerprint density at radius 1 is 1.07 bits per heavy atom. The molecule has 4 nitrogen and oxygen atoms in total. The molecule has 152 valence electrons. The smallest absolute Gasteiger partial charge is 0.192 e. The topological polar surface area (TPSA) is 39.7 Å². The first kappa shape index (κ1) is 21.8. The van der Waals surface area contributed by atoms with Crippen molar-refractivity contribution in [3.63, 3.8) is 0 Å². The average molecular weight is 392 g/mol. The normalized spacial score (nSPS) is 12.9. The summed E-state index contributed by atoms with van der Waals surface area (Å²) in [7, 11) is 3.76. The maximum atomic E-state index is 14.0. The highest BCUT2D eigenvalue weighted by atomic mass is 19.1. The number of halogens is 3. The molecule has 1 unspecified atom stereocenters. The SMILES string of the molecule is CCNC(=NCc1ccc(F)c(CN(C)C)c1)NC(C)c1ccc(F)cc1F. The summed E-state index contributed by atoms with van der Waals surface area (Å²) in [6.45, 7) is 5.17. The van der Waals surface area contributed by atoms with Gasteiger partial charge in [0.05, 0.1) is 12.6 Å². The fraction of sp³-hybridized carbons (Fsp3) is 0.381. The summed E-state index contributed by atoms with van der Waals surface area (Å²) in [5, 5.41) is 6.22. The van der Waals surface area contributed by atoms with Gasteiger partial charge in [0.1, 0.15) is 17.5 Å². The van der Waals surface area contributed by atoms with E-state index in [0.717, 1.165) is 11.6 Å². The fourth-order valence-corrected chi connectivity index (χ4v) is 2.81. The quantitative estimate of drug-likeness (QED) is 0.553. The lowest BCUT2D eigenvalue weighted by Gasteiger charge is -2.19. The minimum atomic E-state index is -0.612. The van der Waals surface area contributed by atoms with Crippen LogP contribution in [0.15, 0.2) is 41.4 Å². The minimum absolute atomic E-state index is 0.244. The van der Waals surface area contributed by atoms with Crippen LogP contribution in [0.2, 0.25) is 0 Å². The third-order valence-electron chi connectivity index (χ3n) is 4.14. The Hall–Kier alpha value is -2.54. The van der Waals surface area contributed by atoms with Gasteiger partial charge in [0.15, 0.2) is 5.96 Å². The molecule has 2 N–H and O–H groups in total. The molecule has 0 aromatic heterocycles. The second-order valence-electron chi connectivity index (χ2n) is 6.89. The average Bonchev–Trinajstić information content (AvgIpc) is 2.61. The largest absolute Gasteiger partial charge is 0.357 e. The Morgan fingerprint density at radius 2 is 1.82 bits per heavy atom. The summed E-state index contributed by atoms with van der Waals surface area (Å²) >= 11 is 0. The first-order chi connectivity index (χ1) is 13.3. The van der Waals surface area contributed by atoms with Crippen molar-refractivity contribution in [2.75, 3.05) is 20.6 Å². The van der Waals surface area contributed by atoms with E-state index in [1.54, 1.807) is 19.1 Å². The molecular weight excluding hydrogens is 365 g/mol. The molecule has 7 heteroatoms. The summed E-state index contributed by atoms with van der Waals surface area (Å²) in [6, 6.07) is 8.04. The van der Waals surface area contributed by atoms with Crippen LogP contribution in [0.4, 0.5) is 13.2 Å². The number of nitrogens with zero attached hydrogens (tertiary/aromatic N) is 2. The number of aliphatic imine (C=N–C) groups is 1. The van der Waals surface area contributed by atoms with Crippen molar-refractivity contribution in [2.24, 2.45) is 4.99 Å². The number of hydrogen-bond donors (Lipinski definition) is 2. The molecule has 0 saturated carbocycles. The van der Waals surface area contributed by atoms with Gasteiger partial charge in [0.25, 0.3) is 0 Å². The van der Waals surface area contributed by atoms with Crippen molar-refractivity contribution >= 4 is 5.96 Å². The molecule has 0 aliphatic heterocycles. The van der Waals surface area contributed by atoms with Gasteiger partial charge in [-0.1, -0.05) is 12.1 Å². The van der Waals surface area contributed by atoms with Crippen LogP contribution in [0.5, 0.6) is 0 Å². The second-order valence-corrected chi connectivity index (χ2v) is 6.89. The molecule has 0 amide bonds. The summed E-state index contributed by atoms with van der Waals surface area (Å²) in [6.07, 6.45) is 0. The van der Waals surface area contributed by atoms with Crippen LogP contribution in [0.25, 0.3) is 0 Å². The van der Waals surface area contributed by atoms with Crippen molar-refractivity contribution in [1.29, 1.82) is 0 Å². The van der Waals surface area contributed by atoms with E-state index in [2.05, 4.69) is 15.6 Å². The fourth-order valence-electron chi connectivity index (χ4n) is 2.81. The molecule has 0 saturated heterocycles. The Labute approximate surface area is 164 Å². The summed E-state index contributed by atoms with van der Waals surface area (Å²) < 4.78 is 41.0. The van der Waals surface area contributed by atoms with Crippen molar-refractivity contribution in [3.05, 3.63) is 70.5 Å². The molecule has 0 radical (unpaired) electrons. The number of nitrogens with one attached hydrogen (secondary N) is 2. The van der Waals surface area contributed by atoms with E-state index in [-0.39, 0.29) is 5.82 Å². The van der Waals surface area contributed by atoms with E-state index in [4.69, 9.17) is 0 Å². The van der Waals surface area contributed by atoms with E-state index < -0.39 is 17.7 Å². The van der Waals surface area contributed by atoms with Crippen LogP contribution in [0.3, 0.4) is 0 Å². The predicted molar refractivity (Wildman–Crippen MR) is 107 cm³/mol. The number of hydrogen-bond acceptors (Lipinski definition) is 2. The first-order valence-corrected chi connectivity index (χ1v) is 9.22. The zero-order chi connectivity index (χ0) is 20.7. The number of benzene rings is 2. The maximum Gasteiger partial charge on any atom is 0.192 e. The highest BCUT2D eigenvalue weighted by Crippen LogP contribution is 2.18. The van der Waals surface area contributed by atoms with Crippen LogP contribution < -0.4 is 10.6 Å². The van der Waals surface area contributed by atoms with Crippen molar-refractivity contribution < 1.29 is 13.2 Å². The zero-order valence-electron chi connectivity index (χ0n) is 16.7. The molecular formula is C21H27F3N4. The molecule has 0 bridgehead atoms. The van der Waals surface area contributed by atoms with E-state index in [1.807, 2.05) is 25.9 Å². The van der Waals surface area contributed by atoms with Crippen molar-refractivity contribution in [3.8, 4) is 0 Å². The molecule has 0 aliphatic carbocycles. The Balaban J connectivity index is 2.13. The maximum absolute atomic E-state index is 14.0. The van der Waals surface area contributed by atoms with Gasteiger partial charge in [0.2, 0.25) is 0 Å². The molecule has 28 heavy (non-hydrogen) atoms. The third kappa shape index (κ3) is 6.27. The Morgan fingerprint density at radius 3 is 2.46 bits per heavy atom. The summed E-state index contributed by atoms with van der Waals surface area (Å²) in [4.78, 5) is 6.41. The van der Waals surface area contributed by atoms with Gasteiger partial charge in [-0.3, -0.25) is 0 Å². The van der Waals surface area contributed by atoms with Gasteiger partial charge in [-0.25, -0.2) is 18.2 Å². The molecule has 0 spiro atoms. The van der Waals surface area contributed by atoms with Crippen LogP contribution in [0.1, 0.15) is 36.6 Å². The van der Waals surface area contributed by atoms with Crippen LogP contribution >= 0.6 is 0 Å². The molecule has 1 atom stereocenters. The lowest BCUT2D eigenvalue weighted by molar-refractivity contribution is 0.392. The van der Waals surface area contributed by atoms with Crippen molar-refractivity contribution in [1.82, 2.24) is 15.5 Å². The Bertz CT molecular complexity index is 821. The predicted octanol–water partition coefficient (Wildman–Crippen LogP) is 3.98. The van der Waals surface area contributed by atoms with E-state index in [9.17, 15) is 13.2 Å². The van der Waals surface area contributed by atoms with E-state index in [1.165, 1.54) is 18.2 Å². The standard InChI is InChI=1S/C21H27F3N4/c1-5-25-21(27-14(2)18-8-7-17(22)11-20(18)24)26-12-15-6-9-19(23)16(10-15)13-28(3)4/h6-11,14H,5,12-13H2,1-4H3,(H2,25,26,27). The van der Waals surface area contributed by atoms with Gasteiger partial charge in [0, 0.05) is 30.3 Å². The summed E-state index contributed by atoms with van der Waals surface area (Å²) in [5.41, 5.74) is 1.83. The van der Waals surface area contributed by atoms with Gasteiger partial charge >= 0.3 is 0 Å². The molecule has 0 aliphatic rings. The third-order valence-corrected chi connectivity index (χ3v) is 4.14. The second kappa shape index (κ2) is 10.1. The van der Waals surface area contributed by atoms with Crippen LogP contribution in [-0.2, 0) is 13.1 Å². The molecule has 2 rings (SSSR count). The Kier molecular flexibility index (Phi) is 7.87. The molecule has 2 aromatic carbocycles. The lowest BCUT2D eigenvalue weighted by atomic mass is 10.1. The van der Waals surface area contributed by atoms with E-state index in [0.29, 0.717) is 36.7 Å².